The van der Waals surface area contributed by atoms with Gasteiger partial charge in [0.15, 0.2) is 0 Å². The minimum absolute atomic E-state index is 0.0379. The summed E-state index contributed by atoms with van der Waals surface area (Å²) in [4.78, 5) is 11.6. The molecule has 1 atom stereocenters. The van der Waals surface area contributed by atoms with Crippen LogP contribution in [0.2, 0.25) is 4.22 Å². The first kappa shape index (κ1) is 21.6. The summed E-state index contributed by atoms with van der Waals surface area (Å²) < 4.78 is 6.25. The van der Waals surface area contributed by atoms with E-state index in [1.54, 1.807) is 22.3 Å². The van der Waals surface area contributed by atoms with Crippen LogP contribution in [0.1, 0.15) is 71.1 Å². The predicted octanol–water partition coefficient (Wildman–Crippen LogP) is 2.82. The maximum absolute atomic E-state index is 11.6. The van der Waals surface area contributed by atoms with Crippen LogP contribution in [0, 0.1) is 0 Å². The molecule has 3 rings (SSSR count). The summed E-state index contributed by atoms with van der Waals surface area (Å²) in [5, 5.41) is 16.5. The van der Waals surface area contributed by atoms with E-state index in [4.69, 9.17) is 13.5 Å². The van der Waals surface area contributed by atoms with E-state index in [1.807, 2.05) is 6.92 Å². The zero-order chi connectivity index (χ0) is 17.9. The topological polar surface area (TPSA) is 72.4 Å². The van der Waals surface area contributed by atoms with Gasteiger partial charge in [-0.3, -0.25) is 0 Å². The number of rotatable bonds is 4. The second-order valence-corrected chi connectivity index (χ2v) is 8.03. The molecule has 24 heavy (non-hydrogen) atoms. The number of carbonyl (C=O) groups is 1. The molecule has 0 N–H and O–H groups in total. The minimum Gasteiger partial charge on any atom is -0.857 e. The Morgan fingerprint density at radius 2 is 1.75 bits per heavy atom. The van der Waals surface area contributed by atoms with Crippen molar-refractivity contribution in [2.24, 2.45) is 0 Å². The Morgan fingerprint density at radius 3 is 2.46 bits per heavy atom. The Morgan fingerprint density at radius 1 is 1.08 bits per heavy atom. The molecule has 1 unspecified atom stereocenters. The molecule has 4 nitrogen and oxygen atoms in total. The van der Waals surface area contributed by atoms with E-state index in [0.29, 0.717) is 10.6 Å². The number of hydrogen-bond donors (Lipinski definition) is 0. The summed E-state index contributed by atoms with van der Waals surface area (Å²) in [6, 6.07) is 0. The van der Waals surface area contributed by atoms with Crippen LogP contribution in [0.25, 0.3) is 0 Å². The second kappa shape index (κ2) is 12.0. The molecule has 0 radical (unpaired) electrons. The SMILES string of the molecule is CCCC(=O)[O][Ti+2][CH]1CCCC2=C1CC1=C2CCCC1.C[O-].C[O-]. The molecule has 0 amide bonds. The minimum atomic E-state index is -0.592. The van der Waals surface area contributed by atoms with Gasteiger partial charge < -0.3 is 10.2 Å². The summed E-state index contributed by atoms with van der Waals surface area (Å²) >= 11 is -0.592. The quantitative estimate of drug-likeness (QED) is 0.714. The van der Waals surface area contributed by atoms with Gasteiger partial charge in [-0.05, 0) is 0 Å². The largest absolute Gasteiger partial charge is 0.857 e. The summed E-state index contributed by atoms with van der Waals surface area (Å²) in [5.74, 6) is 0.0379. The van der Waals surface area contributed by atoms with Gasteiger partial charge in [-0.2, -0.15) is 14.2 Å². The molecule has 3 aliphatic rings. The fourth-order valence-corrected chi connectivity index (χ4v) is 5.62. The average Bonchev–Trinajstić information content (AvgIpc) is 3.03. The van der Waals surface area contributed by atoms with Crippen LogP contribution in [0.5, 0.6) is 0 Å². The zero-order valence-corrected chi connectivity index (χ0v) is 16.8. The van der Waals surface area contributed by atoms with E-state index >= 15 is 0 Å². The van der Waals surface area contributed by atoms with Crippen molar-refractivity contribution in [3.63, 3.8) is 0 Å². The first-order valence-corrected chi connectivity index (χ1v) is 10.5. The summed E-state index contributed by atoms with van der Waals surface area (Å²) in [6.07, 6.45) is 12.0. The van der Waals surface area contributed by atoms with Crippen molar-refractivity contribution < 1.29 is 37.9 Å². The molecule has 0 aromatic heterocycles. The van der Waals surface area contributed by atoms with Gasteiger partial charge >= 0.3 is 131 Å². The van der Waals surface area contributed by atoms with Crippen molar-refractivity contribution in [3.05, 3.63) is 22.3 Å². The molecule has 0 saturated carbocycles. The Labute approximate surface area is 155 Å². The Balaban J connectivity index is 0.000000671. The molecule has 0 aromatic carbocycles. The van der Waals surface area contributed by atoms with Crippen molar-refractivity contribution >= 4 is 5.97 Å². The van der Waals surface area contributed by atoms with Gasteiger partial charge in [0.2, 0.25) is 0 Å². The molecule has 0 heterocycles. The molecule has 0 bridgehead atoms. The van der Waals surface area contributed by atoms with Crippen LogP contribution in [-0.2, 0) is 27.7 Å². The van der Waals surface area contributed by atoms with Crippen molar-refractivity contribution in [3.8, 4) is 0 Å². The van der Waals surface area contributed by atoms with E-state index in [0.717, 1.165) is 20.6 Å². The monoisotopic (exact) mass is 370 g/mol. The molecule has 0 aromatic rings. The van der Waals surface area contributed by atoms with Crippen molar-refractivity contribution in [2.75, 3.05) is 14.2 Å². The Bertz CT molecular complexity index is 468. The molecule has 5 heteroatoms. The smallest absolute Gasteiger partial charge is 0.153 e. The summed E-state index contributed by atoms with van der Waals surface area (Å²) in [5.41, 5.74) is 6.85. The molecule has 3 aliphatic carbocycles. The number of carbonyl (C=O) groups excluding carboxylic acids is 1. The van der Waals surface area contributed by atoms with E-state index in [-0.39, 0.29) is 5.97 Å². The second-order valence-electron chi connectivity index (χ2n) is 6.26. The number of fused-ring (bicyclic) bond motifs is 1. The van der Waals surface area contributed by atoms with Crippen LogP contribution in [0.4, 0.5) is 0 Å². The van der Waals surface area contributed by atoms with Gasteiger partial charge in [-0.25, -0.2) is 0 Å². The molecular formula is C19H30O4Ti. The first-order valence-electron chi connectivity index (χ1n) is 8.99. The van der Waals surface area contributed by atoms with Crippen molar-refractivity contribution in [1.82, 2.24) is 0 Å². The third kappa shape index (κ3) is 5.55. The predicted molar refractivity (Wildman–Crippen MR) is 87.6 cm³/mol. The van der Waals surface area contributed by atoms with Crippen molar-refractivity contribution in [1.29, 1.82) is 0 Å². The molecule has 0 spiro atoms. The van der Waals surface area contributed by atoms with Crippen LogP contribution < -0.4 is 10.2 Å². The third-order valence-electron chi connectivity index (χ3n) is 4.85. The van der Waals surface area contributed by atoms with Crippen LogP contribution in [0.3, 0.4) is 0 Å². The first-order chi connectivity index (χ1) is 11.8. The van der Waals surface area contributed by atoms with E-state index in [2.05, 4.69) is 0 Å². The fraction of sp³-hybridized carbons (Fsp3) is 0.737. The van der Waals surface area contributed by atoms with Gasteiger partial charge in [-0.1, -0.05) is 0 Å². The van der Waals surface area contributed by atoms with E-state index < -0.39 is 19.5 Å². The van der Waals surface area contributed by atoms with Gasteiger partial charge in [-0.15, -0.1) is 0 Å². The molecule has 0 aliphatic heterocycles. The molecule has 0 saturated heterocycles. The maximum Gasteiger partial charge on any atom is -0.153 e. The fourth-order valence-electron chi connectivity index (χ4n) is 3.88. The Hall–Kier alpha value is -0.416. The van der Waals surface area contributed by atoms with Crippen LogP contribution in [-0.4, -0.2) is 20.2 Å². The summed E-state index contributed by atoms with van der Waals surface area (Å²) in [7, 11) is 1.50. The van der Waals surface area contributed by atoms with E-state index in [1.165, 1.54) is 51.4 Å². The average molecular weight is 370 g/mol. The van der Waals surface area contributed by atoms with Gasteiger partial charge in [0.1, 0.15) is 0 Å². The van der Waals surface area contributed by atoms with Gasteiger partial charge in [0, 0.05) is 0 Å². The van der Waals surface area contributed by atoms with Crippen molar-refractivity contribution in [2.45, 2.75) is 75.4 Å². The third-order valence-corrected chi connectivity index (χ3v) is 6.83. The standard InChI is InChI=1S/C13H17.C4H8O2.2CH3O.Ti/c1-3-7-12-10(5-1)9-11-6-2-4-8-13(11)12;1-2-3-4(5)6;2*1-2;/h5H,1-4,6-9H2;2-3H2,1H3,(H,5,6);2*1H3;/q;;2*-1;+3/p-1. The van der Waals surface area contributed by atoms with Gasteiger partial charge in [0.25, 0.3) is 0 Å². The molecule has 134 valence electrons. The molecule has 0 fully saturated rings. The maximum atomic E-state index is 11.6. The normalized spacial score (nSPS) is 21.5. The summed E-state index contributed by atoms with van der Waals surface area (Å²) in [6.45, 7) is 2.04. The van der Waals surface area contributed by atoms with Crippen LogP contribution in [0.15, 0.2) is 22.3 Å². The molecular weight excluding hydrogens is 340 g/mol. The zero-order valence-electron chi connectivity index (χ0n) is 15.3. The number of hydrogen-bond acceptors (Lipinski definition) is 4. The van der Waals surface area contributed by atoms with E-state index in [9.17, 15) is 4.79 Å². The Kier molecular flexibility index (Phi) is 10.8. The van der Waals surface area contributed by atoms with Crippen LogP contribution >= 0.6 is 0 Å². The van der Waals surface area contributed by atoms with Gasteiger partial charge in [0.05, 0.1) is 0 Å². The number of allylic oxidation sites excluding steroid dienone is 4.